The molecule has 0 aliphatic rings. The predicted octanol–water partition coefficient (Wildman–Crippen LogP) is 3.94. The molecule has 0 bridgehead atoms. The van der Waals surface area contributed by atoms with Crippen LogP contribution in [0.1, 0.15) is 17.1 Å². The van der Waals surface area contributed by atoms with Gasteiger partial charge in [0.15, 0.2) is 0 Å². The molecule has 1 aromatic carbocycles. The predicted molar refractivity (Wildman–Crippen MR) is 85.3 cm³/mol. The average Bonchev–Trinajstić information content (AvgIpc) is 2.92. The van der Waals surface area contributed by atoms with Gasteiger partial charge in [0, 0.05) is 12.8 Å². The largest absolute Gasteiger partial charge is 0.463 e. The highest BCUT2D eigenvalue weighted by molar-refractivity contribution is 7.97. The number of ether oxygens (including phenoxy) is 1. The lowest BCUT2D eigenvalue weighted by molar-refractivity contribution is 0.202. The molecule has 20 heavy (non-hydrogen) atoms. The van der Waals surface area contributed by atoms with E-state index < -0.39 is 0 Å². The van der Waals surface area contributed by atoms with Gasteiger partial charge < -0.3 is 14.5 Å². The Morgan fingerprint density at radius 1 is 1.15 bits per heavy atom. The number of thioether (sulfide) groups is 1. The Labute approximate surface area is 124 Å². The van der Waals surface area contributed by atoms with Gasteiger partial charge in [-0.2, -0.15) is 11.8 Å². The summed E-state index contributed by atoms with van der Waals surface area (Å²) >= 11 is 1.77. The number of anilines is 1. The Morgan fingerprint density at radius 2 is 1.95 bits per heavy atom. The molecule has 1 aromatic heterocycles. The van der Waals surface area contributed by atoms with Crippen molar-refractivity contribution in [1.29, 1.82) is 0 Å². The zero-order chi connectivity index (χ0) is 14.2. The van der Waals surface area contributed by atoms with E-state index in [1.807, 2.05) is 18.2 Å². The highest BCUT2D eigenvalue weighted by Crippen LogP contribution is 2.18. The molecule has 108 valence electrons. The van der Waals surface area contributed by atoms with Crippen molar-refractivity contribution >= 4 is 17.4 Å². The van der Waals surface area contributed by atoms with E-state index in [0.717, 1.165) is 36.0 Å². The molecule has 0 fully saturated rings. The quantitative estimate of drug-likeness (QED) is 0.799. The Kier molecular flexibility index (Phi) is 6.02. The lowest BCUT2D eigenvalue weighted by Crippen LogP contribution is -2.03. The molecule has 0 amide bonds. The lowest BCUT2D eigenvalue weighted by atomic mass is 10.1. The molecular formula is C16H21NO2S. The van der Waals surface area contributed by atoms with E-state index >= 15 is 0 Å². The summed E-state index contributed by atoms with van der Waals surface area (Å²) < 4.78 is 10.9. The van der Waals surface area contributed by atoms with Crippen LogP contribution in [0.4, 0.5) is 5.69 Å². The third kappa shape index (κ3) is 4.32. The van der Waals surface area contributed by atoms with E-state index in [4.69, 9.17) is 9.15 Å². The molecule has 1 N–H and O–H groups in total. The number of rotatable bonds is 8. The first-order valence-corrected chi connectivity index (χ1v) is 8.10. The molecule has 2 rings (SSSR count). The highest BCUT2D eigenvalue weighted by Gasteiger charge is 2.04. The first-order chi connectivity index (χ1) is 9.83. The minimum Gasteiger partial charge on any atom is -0.463 e. The summed E-state index contributed by atoms with van der Waals surface area (Å²) in [6.07, 6.45) is 2.99. The maximum absolute atomic E-state index is 5.76. The Morgan fingerprint density at radius 3 is 2.75 bits per heavy atom. The molecule has 0 unspecified atom stereocenters. The zero-order valence-electron chi connectivity index (χ0n) is 12.0. The van der Waals surface area contributed by atoms with Crippen LogP contribution in [0.2, 0.25) is 0 Å². The van der Waals surface area contributed by atoms with E-state index in [1.165, 1.54) is 5.56 Å². The van der Waals surface area contributed by atoms with Crippen molar-refractivity contribution in [2.75, 3.05) is 25.3 Å². The number of hydrogen-bond acceptors (Lipinski definition) is 4. The summed E-state index contributed by atoms with van der Waals surface area (Å²) in [5.74, 6) is 2.92. The van der Waals surface area contributed by atoms with Crippen LogP contribution in [0, 0.1) is 0 Å². The Bertz CT molecular complexity index is 525. The maximum Gasteiger partial charge on any atom is 0.123 e. The summed E-state index contributed by atoms with van der Waals surface area (Å²) in [7, 11) is 1.73. The molecule has 2 aromatic rings. The second-order valence-electron chi connectivity index (χ2n) is 4.55. The molecule has 0 saturated heterocycles. The number of furan rings is 1. The zero-order valence-corrected chi connectivity index (χ0v) is 12.8. The van der Waals surface area contributed by atoms with E-state index in [0.29, 0.717) is 6.54 Å². The van der Waals surface area contributed by atoms with Gasteiger partial charge in [0.2, 0.25) is 0 Å². The second-order valence-corrected chi connectivity index (χ2v) is 5.42. The van der Waals surface area contributed by atoms with Gasteiger partial charge >= 0.3 is 0 Å². The summed E-state index contributed by atoms with van der Waals surface area (Å²) in [6.45, 7) is 1.44. The van der Waals surface area contributed by atoms with Crippen LogP contribution in [0.15, 0.2) is 40.8 Å². The van der Waals surface area contributed by atoms with Crippen molar-refractivity contribution in [3.05, 3.63) is 53.5 Å². The van der Waals surface area contributed by atoms with E-state index in [2.05, 4.69) is 29.8 Å². The first kappa shape index (κ1) is 15.0. The van der Waals surface area contributed by atoms with Gasteiger partial charge in [0.25, 0.3) is 0 Å². The van der Waals surface area contributed by atoms with Gasteiger partial charge in [-0.15, -0.1) is 0 Å². The fraction of sp³-hybridized carbons (Fsp3) is 0.375. The van der Waals surface area contributed by atoms with Crippen molar-refractivity contribution in [3.63, 3.8) is 0 Å². The van der Waals surface area contributed by atoms with E-state index in [1.54, 1.807) is 18.9 Å². The fourth-order valence-corrected chi connectivity index (χ4v) is 2.48. The van der Waals surface area contributed by atoms with Crippen LogP contribution < -0.4 is 5.32 Å². The summed E-state index contributed by atoms with van der Waals surface area (Å²) in [6, 6.07) is 12.4. The van der Waals surface area contributed by atoms with E-state index in [-0.39, 0.29) is 0 Å². The molecule has 4 heteroatoms. The number of methoxy groups -OCH3 is 1. The van der Waals surface area contributed by atoms with Gasteiger partial charge in [-0.05, 0) is 36.4 Å². The number of hydrogen-bond donors (Lipinski definition) is 1. The summed E-state index contributed by atoms with van der Waals surface area (Å²) in [5.41, 5.74) is 2.41. The van der Waals surface area contributed by atoms with Crippen LogP contribution in [-0.4, -0.2) is 20.0 Å². The smallest absolute Gasteiger partial charge is 0.123 e. The Hall–Kier alpha value is -1.39. The van der Waals surface area contributed by atoms with Crippen molar-refractivity contribution in [2.45, 2.75) is 18.7 Å². The number of nitrogens with one attached hydrogen (secondary N) is 1. The molecule has 0 atom stereocenters. The second kappa shape index (κ2) is 8.02. The summed E-state index contributed by atoms with van der Waals surface area (Å²) in [5, 5.41) is 3.44. The molecule has 0 spiro atoms. The van der Waals surface area contributed by atoms with E-state index in [9.17, 15) is 0 Å². The van der Waals surface area contributed by atoms with Crippen molar-refractivity contribution in [3.8, 4) is 0 Å². The molecular weight excluding hydrogens is 270 g/mol. The van der Waals surface area contributed by atoms with Crippen LogP contribution in [0.5, 0.6) is 0 Å². The molecule has 0 aliphatic carbocycles. The third-order valence-corrected chi connectivity index (χ3v) is 3.62. The molecule has 1 heterocycles. The van der Waals surface area contributed by atoms with Crippen LogP contribution in [-0.2, 0) is 23.5 Å². The normalized spacial score (nSPS) is 10.7. The SMILES string of the molecule is COCCc1ccccc1NCc1ccc(CSC)o1. The van der Waals surface area contributed by atoms with Crippen LogP contribution in [0.25, 0.3) is 0 Å². The lowest BCUT2D eigenvalue weighted by Gasteiger charge is -2.10. The topological polar surface area (TPSA) is 34.4 Å². The highest BCUT2D eigenvalue weighted by atomic mass is 32.2. The monoisotopic (exact) mass is 291 g/mol. The minimum absolute atomic E-state index is 0.707. The standard InChI is InChI=1S/C16H21NO2S/c1-18-10-9-13-5-3-4-6-16(13)17-11-14-7-8-15(19-14)12-20-2/h3-8,17H,9-12H2,1-2H3. The van der Waals surface area contributed by atoms with Crippen molar-refractivity contribution in [1.82, 2.24) is 0 Å². The molecule has 3 nitrogen and oxygen atoms in total. The van der Waals surface area contributed by atoms with Gasteiger partial charge in [-0.25, -0.2) is 0 Å². The first-order valence-electron chi connectivity index (χ1n) is 6.70. The number of para-hydroxylation sites is 1. The fourth-order valence-electron chi connectivity index (χ4n) is 2.04. The minimum atomic E-state index is 0.707. The van der Waals surface area contributed by atoms with Gasteiger partial charge in [-0.3, -0.25) is 0 Å². The van der Waals surface area contributed by atoms with Crippen molar-refractivity contribution in [2.24, 2.45) is 0 Å². The van der Waals surface area contributed by atoms with Crippen LogP contribution in [0.3, 0.4) is 0 Å². The molecule has 0 radical (unpaired) electrons. The third-order valence-electron chi connectivity index (χ3n) is 3.05. The van der Waals surface area contributed by atoms with Crippen molar-refractivity contribution < 1.29 is 9.15 Å². The van der Waals surface area contributed by atoms with Crippen LogP contribution >= 0.6 is 11.8 Å². The molecule has 0 saturated carbocycles. The molecule has 0 aliphatic heterocycles. The Balaban J connectivity index is 1.95. The maximum atomic E-state index is 5.76. The van der Waals surface area contributed by atoms with Gasteiger partial charge in [0.1, 0.15) is 11.5 Å². The average molecular weight is 291 g/mol. The summed E-state index contributed by atoms with van der Waals surface area (Å²) in [4.78, 5) is 0. The number of benzene rings is 1. The van der Waals surface area contributed by atoms with Gasteiger partial charge in [-0.1, -0.05) is 18.2 Å². The van der Waals surface area contributed by atoms with Gasteiger partial charge in [0.05, 0.1) is 18.9 Å².